The van der Waals surface area contributed by atoms with Crippen molar-refractivity contribution < 1.29 is 9.50 Å². The Kier molecular flexibility index (Phi) is 6.14. The second-order valence-corrected chi connectivity index (χ2v) is 11.9. The molecular weight excluding hydrogens is 411 g/mol. The predicted molar refractivity (Wildman–Crippen MR) is 134 cm³/mol. The molecule has 0 bridgehead atoms. The van der Waals surface area contributed by atoms with Gasteiger partial charge in [-0.2, -0.15) is 0 Å². The highest BCUT2D eigenvalue weighted by atomic mass is 19.2. The zero-order valence-corrected chi connectivity index (χ0v) is 21.0. The van der Waals surface area contributed by atoms with Crippen molar-refractivity contribution in [1.29, 1.82) is 0 Å². The van der Waals surface area contributed by atoms with Gasteiger partial charge in [-0.15, -0.1) is 0 Å². The van der Waals surface area contributed by atoms with Gasteiger partial charge in [0.15, 0.2) is 0 Å². The van der Waals surface area contributed by atoms with E-state index in [0.29, 0.717) is 36.0 Å². The quantitative estimate of drug-likeness (QED) is 0.504. The van der Waals surface area contributed by atoms with E-state index in [-0.39, 0.29) is 5.92 Å². The number of fused-ring (bicyclic) bond motifs is 1. The molecule has 0 radical (unpaired) electrons. The molecule has 4 aliphatic rings. The highest BCUT2D eigenvalue weighted by Crippen LogP contribution is 2.54. The van der Waals surface area contributed by atoms with Crippen LogP contribution in [-0.4, -0.2) is 22.1 Å². The van der Waals surface area contributed by atoms with Crippen LogP contribution in [-0.2, 0) is 13.5 Å². The van der Waals surface area contributed by atoms with Gasteiger partial charge in [-0.3, -0.25) is 0 Å². The van der Waals surface area contributed by atoms with Gasteiger partial charge in [-0.25, -0.2) is 4.39 Å². The Morgan fingerprint density at radius 2 is 1.88 bits per heavy atom. The van der Waals surface area contributed by atoms with Gasteiger partial charge in [-0.05, 0) is 106 Å². The molecule has 3 saturated carbocycles. The van der Waals surface area contributed by atoms with Gasteiger partial charge < -0.3 is 15.4 Å². The van der Waals surface area contributed by atoms with Crippen LogP contribution in [0.25, 0.3) is 5.57 Å². The van der Waals surface area contributed by atoms with Gasteiger partial charge in [0.1, 0.15) is 0 Å². The lowest BCUT2D eigenvalue weighted by molar-refractivity contribution is -0.127. The SMILES string of the molecule is CC1=CCC=C(C2CC2CN)c2c(C3CCC(CC(O)(F)C4CC4)CC3C)c(C)n(C)c2C1. The molecule has 6 atom stereocenters. The highest BCUT2D eigenvalue weighted by Gasteiger charge is 2.47. The summed E-state index contributed by atoms with van der Waals surface area (Å²) in [5.41, 5.74) is 15.0. The molecule has 0 amide bonds. The van der Waals surface area contributed by atoms with Gasteiger partial charge >= 0.3 is 0 Å². The van der Waals surface area contributed by atoms with Crippen molar-refractivity contribution in [2.45, 2.75) is 90.3 Å². The van der Waals surface area contributed by atoms with Crippen LogP contribution in [0, 0.1) is 36.5 Å². The van der Waals surface area contributed by atoms with Crippen molar-refractivity contribution in [3.63, 3.8) is 0 Å². The van der Waals surface area contributed by atoms with E-state index < -0.39 is 5.85 Å². The number of nitrogens with two attached hydrogens (primary N) is 1. The number of alkyl halides is 1. The molecule has 33 heavy (non-hydrogen) atoms. The maximum atomic E-state index is 14.8. The average molecular weight is 455 g/mol. The van der Waals surface area contributed by atoms with E-state index in [1.807, 2.05) is 0 Å². The van der Waals surface area contributed by atoms with Crippen LogP contribution in [0.3, 0.4) is 0 Å². The molecule has 5 rings (SSSR count). The third kappa shape index (κ3) is 4.38. The molecular formula is C29H43FN2O. The average Bonchev–Trinajstić information content (AvgIpc) is 3.66. The molecule has 1 aromatic rings. The summed E-state index contributed by atoms with van der Waals surface area (Å²) in [7, 11) is 2.24. The summed E-state index contributed by atoms with van der Waals surface area (Å²) in [4.78, 5) is 0. The predicted octanol–water partition coefficient (Wildman–Crippen LogP) is 6.18. The fourth-order valence-electron chi connectivity index (χ4n) is 7.14. The van der Waals surface area contributed by atoms with Crippen LogP contribution in [0.1, 0.15) is 93.6 Å². The number of aromatic nitrogens is 1. The standard InChI is InChI=1S/C29H43FN2O/c1-17-6-5-7-24(25-14-21(25)16-31)28-26(12-17)32(4)19(3)27(28)23-11-8-20(13-18(23)2)15-29(30,33)22-9-10-22/h6-7,18,20-23,25,33H,5,8-16,31H2,1-4H3. The minimum absolute atomic E-state index is 0.111. The number of hydrogen-bond acceptors (Lipinski definition) is 2. The summed E-state index contributed by atoms with van der Waals surface area (Å²) in [5.74, 6) is 0.469. The molecule has 0 aromatic carbocycles. The molecule has 1 heterocycles. The van der Waals surface area contributed by atoms with E-state index >= 15 is 0 Å². The Morgan fingerprint density at radius 3 is 2.52 bits per heavy atom. The third-order valence-corrected chi connectivity index (χ3v) is 9.45. The van der Waals surface area contributed by atoms with Crippen molar-refractivity contribution in [1.82, 2.24) is 4.57 Å². The summed E-state index contributed by atoms with van der Waals surface area (Å²) < 4.78 is 17.2. The molecule has 6 unspecified atom stereocenters. The van der Waals surface area contributed by atoms with E-state index in [1.54, 1.807) is 11.1 Å². The molecule has 4 heteroatoms. The fraction of sp³-hybridized carbons (Fsp3) is 0.724. The van der Waals surface area contributed by atoms with Gasteiger partial charge in [0.2, 0.25) is 5.85 Å². The van der Waals surface area contributed by atoms with Crippen molar-refractivity contribution in [2.75, 3.05) is 6.54 Å². The van der Waals surface area contributed by atoms with E-state index in [9.17, 15) is 9.50 Å². The maximum absolute atomic E-state index is 14.8. The van der Waals surface area contributed by atoms with E-state index in [4.69, 9.17) is 5.73 Å². The molecule has 182 valence electrons. The number of hydrogen-bond donors (Lipinski definition) is 2. The smallest absolute Gasteiger partial charge is 0.209 e. The van der Waals surface area contributed by atoms with Gasteiger partial charge in [0.05, 0.1) is 0 Å². The van der Waals surface area contributed by atoms with E-state index in [2.05, 4.69) is 44.5 Å². The minimum Gasteiger partial charge on any atom is -0.361 e. The molecule has 0 aliphatic heterocycles. The Labute approximate surface area is 199 Å². The monoisotopic (exact) mass is 454 g/mol. The third-order valence-electron chi connectivity index (χ3n) is 9.45. The number of aliphatic hydroxyl groups is 1. The number of allylic oxidation sites excluding steroid dienone is 4. The van der Waals surface area contributed by atoms with Crippen LogP contribution >= 0.6 is 0 Å². The first-order valence-electron chi connectivity index (χ1n) is 13.4. The molecule has 4 aliphatic carbocycles. The number of rotatable bonds is 6. The summed E-state index contributed by atoms with van der Waals surface area (Å²) in [5, 5.41) is 10.3. The van der Waals surface area contributed by atoms with Crippen LogP contribution in [0.5, 0.6) is 0 Å². The Hall–Kier alpha value is -1.39. The zero-order valence-electron chi connectivity index (χ0n) is 21.0. The first kappa shape index (κ1) is 23.4. The molecule has 0 spiro atoms. The summed E-state index contributed by atoms with van der Waals surface area (Å²) in [6.07, 6.45) is 13.3. The lowest BCUT2D eigenvalue weighted by Crippen LogP contribution is -2.32. The second kappa shape index (κ2) is 8.68. The van der Waals surface area contributed by atoms with Crippen molar-refractivity contribution >= 4 is 5.57 Å². The Morgan fingerprint density at radius 1 is 1.12 bits per heavy atom. The zero-order chi connectivity index (χ0) is 23.5. The largest absolute Gasteiger partial charge is 0.361 e. The lowest BCUT2D eigenvalue weighted by Gasteiger charge is -2.37. The molecule has 1 aromatic heterocycles. The molecule has 3 nitrogen and oxygen atoms in total. The van der Waals surface area contributed by atoms with Crippen LogP contribution in [0.2, 0.25) is 0 Å². The lowest BCUT2D eigenvalue weighted by atomic mass is 9.69. The number of halogens is 1. The van der Waals surface area contributed by atoms with Gasteiger partial charge in [0.25, 0.3) is 0 Å². The van der Waals surface area contributed by atoms with E-state index in [1.165, 1.54) is 28.9 Å². The first-order valence-corrected chi connectivity index (χ1v) is 13.4. The molecule has 3 N–H and O–H groups in total. The van der Waals surface area contributed by atoms with Crippen LogP contribution < -0.4 is 5.73 Å². The van der Waals surface area contributed by atoms with Gasteiger partial charge in [-0.1, -0.05) is 24.6 Å². The second-order valence-electron chi connectivity index (χ2n) is 11.9. The van der Waals surface area contributed by atoms with Crippen molar-refractivity contribution in [3.8, 4) is 0 Å². The topological polar surface area (TPSA) is 51.2 Å². The fourth-order valence-corrected chi connectivity index (χ4v) is 7.14. The summed E-state index contributed by atoms with van der Waals surface area (Å²) in [6.45, 7) is 7.70. The normalized spacial score (nSPS) is 34.0. The number of nitrogens with zero attached hydrogens (tertiary/aromatic N) is 1. The molecule has 0 saturated heterocycles. The highest BCUT2D eigenvalue weighted by molar-refractivity contribution is 5.76. The summed E-state index contributed by atoms with van der Waals surface area (Å²) in [6, 6.07) is 0. The van der Waals surface area contributed by atoms with E-state index in [0.717, 1.165) is 51.5 Å². The summed E-state index contributed by atoms with van der Waals surface area (Å²) >= 11 is 0. The molecule has 3 fully saturated rings. The Balaban J connectivity index is 1.46. The maximum Gasteiger partial charge on any atom is 0.209 e. The van der Waals surface area contributed by atoms with Crippen LogP contribution in [0.15, 0.2) is 17.7 Å². The first-order chi connectivity index (χ1) is 15.7. The van der Waals surface area contributed by atoms with Crippen molar-refractivity contribution in [3.05, 3.63) is 40.2 Å². The van der Waals surface area contributed by atoms with Gasteiger partial charge in [0, 0.05) is 42.8 Å². The minimum atomic E-state index is -1.95. The Bertz CT molecular complexity index is 967. The van der Waals surface area contributed by atoms with Crippen LogP contribution in [0.4, 0.5) is 4.39 Å². The van der Waals surface area contributed by atoms with Crippen molar-refractivity contribution in [2.24, 2.45) is 42.4 Å².